The van der Waals surface area contributed by atoms with E-state index in [4.69, 9.17) is 0 Å². The minimum absolute atomic E-state index is 0.0338. The molecule has 4 rings (SSSR count). The van der Waals surface area contributed by atoms with Crippen molar-refractivity contribution in [3.63, 3.8) is 0 Å². The van der Waals surface area contributed by atoms with Crippen LogP contribution in [0.1, 0.15) is 18.4 Å². The summed E-state index contributed by atoms with van der Waals surface area (Å²) in [6, 6.07) is 20.1. The molecular weight excluding hydrogens is 351 g/mol. The van der Waals surface area contributed by atoms with Gasteiger partial charge in [-0.25, -0.2) is 4.39 Å². The summed E-state index contributed by atoms with van der Waals surface area (Å²) < 4.78 is 14.7. The number of allylic oxidation sites excluding steroid dienone is 2. The molecule has 0 radical (unpaired) electrons. The third-order valence-corrected chi connectivity index (χ3v) is 5.51. The van der Waals surface area contributed by atoms with Gasteiger partial charge in [-0.1, -0.05) is 54.6 Å². The average molecular weight is 376 g/mol. The van der Waals surface area contributed by atoms with E-state index < -0.39 is 0 Å². The zero-order chi connectivity index (χ0) is 19.3. The number of carbonyl (C=O) groups is 1. The van der Waals surface area contributed by atoms with Gasteiger partial charge in [0.05, 0.1) is 0 Å². The standard InChI is InChI=1S/C24H25FN2O/c25-23-13-7-12-21(22(23)18-19-8-3-1-4-9-19)24(28)27-16-14-26(15-17-27)20-10-5-2-6-11-20/h1-6,8-12H,7,13-18H2. The fourth-order valence-electron chi connectivity index (χ4n) is 3.95. The van der Waals surface area contributed by atoms with E-state index >= 15 is 0 Å². The first kappa shape index (κ1) is 18.5. The largest absolute Gasteiger partial charge is 0.368 e. The first-order valence-corrected chi connectivity index (χ1v) is 9.93. The van der Waals surface area contributed by atoms with E-state index in [9.17, 15) is 9.18 Å². The third-order valence-electron chi connectivity index (χ3n) is 5.51. The van der Waals surface area contributed by atoms with Crippen molar-refractivity contribution in [1.82, 2.24) is 4.90 Å². The van der Waals surface area contributed by atoms with Crippen molar-refractivity contribution < 1.29 is 9.18 Å². The SMILES string of the molecule is O=C(C1=CCCC(F)=C1Cc1ccccc1)N1CCN(c2ccccc2)CC1. The maximum absolute atomic E-state index is 14.7. The van der Waals surface area contributed by atoms with Gasteiger partial charge in [0, 0.05) is 55.9 Å². The molecule has 0 atom stereocenters. The van der Waals surface area contributed by atoms with Crippen LogP contribution < -0.4 is 4.90 Å². The van der Waals surface area contributed by atoms with Gasteiger partial charge < -0.3 is 9.80 Å². The van der Waals surface area contributed by atoms with Gasteiger partial charge in [0.15, 0.2) is 0 Å². The smallest absolute Gasteiger partial charge is 0.254 e. The second-order valence-corrected chi connectivity index (χ2v) is 7.32. The minimum Gasteiger partial charge on any atom is -0.368 e. The second kappa shape index (κ2) is 8.42. The van der Waals surface area contributed by atoms with Crippen molar-refractivity contribution in [2.45, 2.75) is 19.3 Å². The van der Waals surface area contributed by atoms with Gasteiger partial charge >= 0.3 is 0 Å². The molecule has 1 saturated heterocycles. The molecule has 144 valence electrons. The van der Waals surface area contributed by atoms with E-state index in [1.54, 1.807) is 0 Å². The Hall–Kier alpha value is -2.88. The molecule has 0 saturated carbocycles. The monoisotopic (exact) mass is 376 g/mol. The van der Waals surface area contributed by atoms with Crippen LogP contribution in [0, 0.1) is 0 Å². The van der Waals surface area contributed by atoms with Gasteiger partial charge in [-0.2, -0.15) is 0 Å². The van der Waals surface area contributed by atoms with Gasteiger partial charge in [-0.15, -0.1) is 0 Å². The molecule has 1 heterocycles. The van der Waals surface area contributed by atoms with Gasteiger partial charge in [0.25, 0.3) is 5.91 Å². The lowest BCUT2D eigenvalue weighted by Gasteiger charge is -2.37. The number of piperazine rings is 1. The lowest BCUT2D eigenvalue weighted by Crippen LogP contribution is -2.49. The van der Waals surface area contributed by atoms with Crippen LogP contribution in [-0.4, -0.2) is 37.0 Å². The van der Waals surface area contributed by atoms with Gasteiger partial charge in [-0.3, -0.25) is 4.79 Å². The summed E-state index contributed by atoms with van der Waals surface area (Å²) in [5.41, 5.74) is 3.33. The van der Waals surface area contributed by atoms with Crippen LogP contribution in [0.4, 0.5) is 10.1 Å². The molecule has 3 nitrogen and oxygen atoms in total. The van der Waals surface area contributed by atoms with Crippen LogP contribution in [0.5, 0.6) is 0 Å². The Morgan fingerprint density at radius 1 is 0.893 bits per heavy atom. The Balaban J connectivity index is 1.45. The molecule has 1 aliphatic heterocycles. The van der Waals surface area contributed by atoms with Crippen LogP contribution in [0.2, 0.25) is 0 Å². The first-order valence-electron chi connectivity index (χ1n) is 9.93. The Bertz CT molecular complexity index is 881. The molecule has 0 bridgehead atoms. The molecule has 1 fully saturated rings. The molecule has 0 unspecified atom stereocenters. The van der Waals surface area contributed by atoms with E-state index in [0.717, 1.165) is 18.7 Å². The quantitative estimate of drug-likeness (QED) is 0.783. The van der Waals surface area contributed by atoms with Crippen molar-refractivity contribution in [3.05, 3.63) is 89.3 Å². The van der Waals surface area contributed by atoms with Gasteiger partial charge in [0.2, 0.25) is 0 Å². The van der Waals surface area contributed by atoms with Crippen molar-refractivity contribution in [3.8, 4) is 0 Å². The molecule has 0 N–H and O–H groups in total. The maximum atomic E-state index is 14.7. The fourth-order valence-corrected chi connectivity index (χ4v) is 3.95. The number of halogens is 1. The summed E-state index contributed by atoms with van der Waals surface area (Å²) >= 11 is 0. The number of anilines is 1. The highest BCUT2D eigenvalue weighted by molar-refractivity contribution is 5.98. The highest BCUT2D eigenvalue weighted by Crippen LogP contribution is 2.31. The minimum atomic E-state index is -0.141. The zero-order valence-electron chi connectivity index (χ0n) is 16.0. The summed E-state index contributed by atoms with van der Waals surface area (Å²) in [5, 5.41) is 0. The van der Waals surface area contributed by atoms with Crippen molar-refractivity contribution in [1.29, 1.82) is 0 Å². The van der Waals surface area contributed by atoms with Crippen molar-refractivity contribution in [2.75, 3.05) is 31.1 Å². The number of hydrogen-bond acceptors (Lipinski definition) is 2. The molecule has 1 amide bonds. The van der Waals surface area contributed by atoms with Crippen LogP contribution >= 0.6 is 0 Å². The number of benzene rings is 2. The molecule has 2 aliphatic rings. The van der Waals surface area contributed by atoms with Crippen molar-refractivity contribution in [2.24, 2.45) is 0 Å². The second-order valence-electron chi connectivity index (χ2n) is 7.32. The number of amides is 1. The van der Waals surface area contributed by atoms with E-state index in [-0.39, 0.29) is 11.7 Å². The topological polar surface area (TPSA) is 23.6 Å². The summed E-state index contributed by atoms with van der Waals surface area (Å²) in [6.45, 7) is 2.91. The number of carbonyl (C=O) groups excluding carboxylic acids is 1. The van der Waals surface area contributed by atoms with Gasteiger partial charge in [-0.05, 0) is 24.1 Å². The highest BCUT2D eigenvalue weighted by atomic mass is 19.1. The van der Waals surface area contributed by atoms with Gasteiger partial charge in [0.1, 0.15) is 5.83 Å². The van der Waals surface area contributed by atoms with Crippen LogP contribution in [-0.2, 0) is 11.2 Å². The Labute approximate surface area is 165 Å². The fraction of sp³-hybridized carbons (Fsp3) is 0.292. The summed E-state index contributed by atoms with van der Waals surface area (Å²) in [6.07, 6.45) is 3.37. The first-order chi connectivity index (χ1) is 13.7. The predicted octanol–water partition coefficient (Wildman–Crippen LogP) is 4.52. The Kier molecular flexibility index (Phi) is 5.56. The number of rotatable bonds is 4. The summed E-state index contributed by atoms with van der Waals surface area (Å²) in [7, 11) is 0. The van der Waals surface area contributed by atoms with E-state index in [1.807, 2.05) is 59.5 Å². The highest BCUT2D eigenvalue weighted by Gasteiger charge is 2.28. The normalized spacial score (nSPS) is 17.5. The third kappa shape index (κ3) is 4.01. The summed E-state index contributed by atoms with van der Waals surface area (Å²) in [5.74, 6) is -0.175. The van der Waals surface area contributed by atoms with Crippen LogP contribution in [0.3, 0.4) is 0 Å². The Morgan fingerprint density at radius 3 is 2.21 bits per heavy atom. The number of nitrogens with zero attached hydrogens (tertiary/aromatic N) is 2. The van der Waals surface area contributed by atoms with E-state index in [1.165, 1.54) is 5.69 Å². The molecule has 28 heavy (non-hydrogen) atoms. The molecule has 1 aliphatic carbocycles. The van der Waals surface area contributed by atoms with Crippen LogP contribution in [0.25, 0.3) is 0 Å². The molecule has 4 heteroatoms. The number of para-hydroxylation sites is 1. The molecule has 0 aromatic heterocycles. The molecule has 2 aromatic carbocycles. The predicted molar refractivity (Wildman–Crippen MR) is 111 cm³/mol. The van der Waals surface area contributed by atoms with E-state index in [0.29, 0.717) is 43.5 Å². The molecule has 2 aromatic rings. The number of hydrogen-bond donors (Lipinski definition) is 0. The lowest BCUT2D eigenvalue weighted by molar-refractivity contribution is -0.127. The zero-order valence-corrected chi connectivity index (χ0v) is 16.0. The Morgan fingerprint density at radius 2 is 1.54 bits per heavy atom. The molecule has 0 spiro atoms. The van der Waals surface area contributed by atoms with Crippen molar-refractivity contribution >= 4 is 11.6 Å². The molecular formula is C24H25FN2O. The van der Waals surface area contributed by atoms with Crippen LogP contribution in [0.15, 0.2) is 83.7 Å². The average Bonchev–Trinajstić information content (AvgIpc) is 2.76. The lowest BCUT2D eigenvalue weighted by atomic mass is 9.90. The summed E-state index contributed by atoms with van der Waals surface area (Å²) in [4.78, 5) is 17.3. The van der Waals surface area contributed by atoms with E-state index in [2.05, 4.69) is 17.0 Å². The maximum Gasteiger partial charge on any atom is 0.254 e.